The fourth-order valence-electron chi connectivity index (χ4n) is 2.31. The zero-order valence-corrected chi connectivity index (χ0v) is 12.5. The van der Waals surface area contributed by atoms with Gasteiger partial charge in [0.2, 0.25) is 0 Å². The number of carbonyl (C=O) groups is 2. The Morgan fingerprint density at radius 1 is 0.920 bits per heavy atom. The summed E-state index contributed by atoms with van der Waals surface area (Å²) in [7, 11) is 0. The number of rotatable bonds is 6. The maximum Gasteiger partial charge on any atom is 0.473 e. The first kappa shape index (κ1) is 17.5. The molecule has 10 heteroatoms. The van der Waals surface area contributed by atoms with Crippen LogP contribution in [0, 0.1) is 20.2 Å². The first-order valence-electron chi connectivity index (χ1n) is 6.80. The van der Waals surface area contributed by atoms with Gasteiger partial charge in [0, 0.05) is 10.6 Å². The fraction of sp³-hybridized carbons (Fsp3) is 0.0667. The van der Waals surface area contributed by atoms with Crippen molar-refractivity contribution in [3.8, 4) is 0 Å². The van der Waals surface area contributed by atoms with Crippen LogP contribution in [0.5, 0.6) is 0 Å². The highest BCUT2D eigenvalue weighted by Gasteiger charge is 2.67. The quantitative estimate of drug-likeness (QED) is 0.475. The molecule has 0 spiro atoms. The molecule has 0 radical (unpaired) electrons. The van der Waals surface area contributed by atoms with Crippen molar-refractivity contribution in [3.63, 3.8) is 0 Å². The van der Waals surface area contributed by atoms with E-state index in [-0.39, 0.29) is 5.56 Å². The topological polar surface area (TPSA) is 144 Å². The van der Waals surface area contributed by atoms with Gasteiger partial charge in [-0.25, -0.2) is 14.9 Å². The Morgan fingerprint density at radius 2 is 1.40 bits per heavy atom. The summed E-state index contributed by atoms with van der Waals surface area (Å²) in [5.41, 5.74) is -4.21. The standard InChI is InChI=1S/C15H11N3O7/c19-13(11-7-3-1-4-8-11)16(18(24)25)15(14(20)21,17(22)23)12-9-5-2-6-10-12/h1-10H,(H,20,21)/t15-/m1/s1. The Kier molecular flexibility index (Phi) is 4.73. The molecule has 1 amide bonds. The molecular formula is C15H11N3O7. The third-order valence-electron chi connectivity index (χ3n) is 3.42. The summed E-state index contributed by atoms with van der Waals surface area (Å²) >= 11 is 0. The van der Waals surface area contributed by atoms with Crippen LogP contribution in [0.1, 0.15) is 15.9 Å². The van der Waals surface area contributed by atoms with Crippen LogP contribution in [-0.4, -0.2) is 31.9 Å². The van der Waals surface area contributed by atoms with Crippen LogP contribution in [0.25, 0.3) is 0 Å². The lowest BCUT2D eigenvalue weighted by molar-refractivity contribution is -0.738. The summed E-state index contributed by atoms with van der Waals surface area (Å²) in [6.45, 7) is 0. The fourth-order valence-corrected chi connectivity index (χ4v) is 2.31. The van der Waals surface area contributed by atoms with Crippen molar-refractivity contribution in [2.75, 3.05) is 0 Å². The van der Waals surface area contributed by atoms with Gasteiger partial charge in [0.05, 0.1) is 10.5 Å². The Labute approximate surface area is 140 Å². The predicted octanol–water partition coefficient (Wildman–Crippen LogP) is 1.53. The first-order valence-corrected chi connectivity index (χ1v) is 6.80. The van der Waals surface area contributed by atoms with Crippen molar-refractivity contribution in [3.05, 3.63) is 92.0 Å². The summed E-state index contributed by atoms with van der Waals surface area (Å²) in [4.78, 5) is 46.1. The maximum absolute atomic E-state index is 12.5. The van der Waals surface area contributed by atoms with Crippen molar-refractivity contribution in [2.45, 2.75) is 5.66 Å². The van der Waals surface area contributed by atoms with Crippen LogP contribution in [-0.2, 0) is 10.5 Å². The first-order chi connectivity index (χ1) is 11.8. The number of carbonyl (C=O) groups excluding carboxylic acids is 1. The molecule has 0 fully saturated rings. The van der Waals surface area contributed by atoms with Gasteiger partial charge < -0.3 is 5.11 Å². The Bertz CT molecular complexity index is 810. The van der Waals surface area contributed by atoms with Crippen molar-refractivity contribution < 1.29 is 24.7 Å². The highest BCUT2D eigenvalue weighted by Crippen LogP contribution is 2.31. The SMILES string of the molecule is O=C(c1ccccc1)N([N+](=O)[O-])[C@](C(=O)O)(c1ccccc1)[N+](=O)[O-]. The van der Waals surface area contributed by atoms with Gasteiger partial charge in [-0.05, 0) is 24.3 Å². The molecule has 1 atom stereocenters. The Hall–Kier alpha value is -3.82. The predicted molar refractivity (Wildman–Crippen MR) is 82.4 cm³/mol. The minimum Gasteiger partial charge on any atom is -0.474 e. The molecule has 0 heterocycles. The number of hydrogen-bond donors (Lipinski definition) is 1. The number of nitro groups is 2. The molecule has 0 aliphatic rings. The van der Waals surface area contributed by atoms with Crippen LogP contribution < -0.4 is 0 Å². The molecule has 0 aliphatic carbocycles. The lowest BCUT2D eigenvalue weighted by Crippen LogP contribution is -2.61. The van der Waals surface area contributed by atoms with Crippen molar-refractivity contribution in [2.24, 2.45) is 0 Å². The van der Waals surface area contributed by atoms with E-state index in [1.54, 1.807) is 0 Å². The van der Waals surface area contributed by atoms with E-state index >= 15 is 0 Å². The van der Waals surface area contributed by atoms with Crippen molar-refractivity contribution >= 4 is 11.9 Å². The smallest absolute Gasteiger partial charge is 0.473 e. The van der Waals surface area contributed by atoms with Crippen LogP contribution >= 0.6 is 0 Å². The number of carboxylic acid groups (broad SMARTS) is 1. The van der Waals surface area contributed by atoms with Crippen LogP contribution in [0.2, 0.25) is 0 Å². The highest BCUT2D eigenvalue weighted by molar-refractivity contribution is 5.96. The third kappa shape index (κ3) is 2.87. The van der Waals surface area contributed by atoms with Crippen LogP contribution in [0.3, 0.4) is 0 Å². The van der Waals surface area contributed by atoms with Gasteiger partial charge in [0.25, 0.3) is 0 Å². The molecule has 0 saturated carbocycles. The molecule has 2 aromatic carbocycles. The van der Waals surface area contributed by atoms with E-state index in [2.05, 4.69) is 0 Å². The molecule has 10 nitrogen and oxygen atoms in total. The van der Waals surface area contributed by atoms with Gasteiger partial charge in [-0.1, -0.05) is 36.4 Å². The monoisotopic (exact) mass is 345 g/mol. The molecule has 2 rings (SSSR count). The van der Waals surface area contributed by atoms with E-state index in [1.165, 1.54) is 48.5 Å². The van der Waals surface area contributed by atoms with Crippen LogP contribution in [0.15, 0.2) is 60.7 Å². The zero-order valence-electron chi connectivity index (χ0n) is 12.5. The van der Waals surface area contributed by atoms with E-state index in [4.69, 9.17) is 0 Å². The molecular weight excluding hydrogens is 334 g/mol. The largest absolute Gasteiger partial charge is 0.474 e. The average Bonchev–Trinajstić information content (AvgIpc) is 2.59. The van der Waals surface area contributed by atoms with E-state index < -0.39 is 38.1 Å². The van der Waals surface area contributed by atoms with Gasteiger partial charge in [0.1, 0.15) is 0 Å². The second-order valence-electron chi connectivity index (χ2n) is 4.82. The Morgan fingerprint density at radius 3 is 1.80 bits per heavy atom. The molecule has 0 aliphatic heterocycles. The second-order valence-corrected chi connectivity index (χ2v) is 4.82. The summed E-state index contributed by atoms with van der Waals surface area (Å²) in [6.07, 6.45) is 0. The third-order valence-corrected chi connectivity index (χ3v) is 3.42. The average molecular weight is 345 g/mol. The number of amides is 1. The molecule has 0 aromatic heterocycles. The van der Waals surface area contributed by atoms with E-state index in [1.807, 2.05) is 0 Å². The van der Waals surface area contributed by atoms with Crippen LogP contribution in [0.4, 0.5) is 0 Å². The number of carboxylic acids is 1. The highest BCUT2D eigenvalue weighted by atomic mass is 16.7. The lowest BCUT2D eigenvalue weighted by Gasteiger charge is -2.25. The van der Waals surface area contributed by atoms with Crippen molar-refractivity contribution in [1.82, 2.24) is 5.01 Å². The van der Waals surface area contributed by atoms with E-state index in [9.17, 15) is 34.9 Å². The minimum absolute atomic E-state index is 0.261. The number of hydrogen-bond acceptors (Lipinski definition) is 6. The number of hydrazine groups is 1. The number of benzene rings is 2. The van der Waals surface area contributed by atoms with E-state index in [0.717, 1.165) is 12.1 Å². The number of aliphatic carboxylic acids is 1. The summed E-state index contributed by atoms with van der Waals surface area (Å²) in [6, 6.07) is 12.8. The van der Waals surface area contributed by atoms with Gasteiger partial charge >= 0.3 is 17.5 Å². The molecule has 0 bridgehead atoms. The zero-order chi connectivity index (χ0) is 18.6. The van der Waals surface area contributed by atoms with Crippen molar-refractivity contribution in [1.29, 1.82) is 0 Å². The van der Waals surface area contributed by atoms with E-state index in [0.29, 0.717) is 0 Å². The van der Waals surface area contributed by atoms with Gasteiger partial charge in [-0.2, -0.15) is 0 Å². The summed E-state index contributed by atoms with van der Waals surface area (Å²) in [5.74, 6) is -3.58. The molecule has 1 N–H and O–H groups in total. The molecule has 0 unspecified atom stereocenters. The summed E-state index contributed by atoms with van der Waals surface area (Å²) < 4.78 is 0. The molecule has 128 valence electrons. The number of nitrogens with zero attached hydrogens (tertiary/aromatic N) is 3. The normalized spacial score (nSPS) is 12.6. The molecule has 25 heavy (non-hydrogen) atoms. The maximum atomic E-state index is 12.5. The lowest BCUT2D eigenvalue weighted by atomic mass is 9.98. The van der Waals surface area contributed by atoms with Gasteiger partial charge in [-0.3, -0.25) is 14.9 Å². The molecule has 2 aromatic rings. The summed E-state index contributed by atoms with van der Waals surface area (Å²) in [5, 5.41) is 30.8. The van der Waals surface area contributed by atoms with Gasteiger partial charge in [0.15, 0.2) is 5.03 Å². The second kappa shape index (κ2) is 6.74. The minimum atomic E-state index is -3.42. The Balaban J connectivity index is 2.76. The molecule has 0 saturated heterocycles. The van der Waals surface area contributed by atoms with Gasteiger partial charge in [-0.15, -0.1) is 0 Å².